The van der Waals surface area contributed by atoms with Gasteiger partial charge in [-0.25, -0.2) is 0 Å². The average Bonchev–Trinajstić information content (AvgIpc) is 2.79. The van der Waals surface area contributed by atoms with Gasteiger partial charge in [0.25, 0.3) is 0 Å². The summed E-state index contributed by atoms with van der Waals surface area (Å²) in [5, 5.41) is 9.52. The molecule has 0 bridgehead atoms. The van der Waals surface area contributed by atoms with Gasteiger partial charge in [0.2, 0.25) is 0 Å². The minimum Gasteiger partial charge on any atom is -0.493 e. The molecular formula is C15H23NO2. The zero-order valence-electron chi connectivity index (χ0n) is 11.3. The van der Waals surface area contributed by atoms with E-state index in [4.69, 9.17) is 4.74 Å². The van der Waals surface area contributed by atoms with Crippen molar-refractivity contribution in [3.63, 3.8) is 0 Å². The maximum absolute atomic E-state index is 9.52. The summed E-state index contributed by atoms with van der Waals surface area (Å²) < 4.78 is 5.86. The largest absolute Gasteiger partial charge is 0.493 e. The molecule has 0 aromatic heterocycles. The summed E-state index contributed by atoms with van der Waals surface area (Å²) in [5.41, 5.74) is 1.15. The first kappa shape index (κ1) is 13.4. The van der Waals surface area contributed by atoms with E-state index in [0.717, 1.165) is 24.4 Å². The Morgan fingerprint density at radius 1 is 1.44 bits per heavy atom. The molecule has 0 amide bonds. The highest BCUT2D eigenvalue weighted by Crippen LogP contribution is 2.25. The molecular weight excluding hydrogens is 226 g/mol. The van der Waals surface area contributed by atoms with Gasteiger partial charge in [0.1, 0.15) is 5.75 Å². The van der Waals surface area contributed by atoms with Crippen LogP contribution in [0.4, 0.5) is 0 Å². The van der Waals surface area contributed by atoms with Crippen LogP contribution in [0.5, 0.6) is 5.75 Å². The lowest BCUT2D eigenvalue weighted by molar-refractivity contribution is 0.119. The lowest BCUT2D eigenvalue weighted by atomic mass is 9.93. The highest BCUT2D eigenvalue weighted by Gasteiger charge is 2.27. The molecule has 2 rings (SSSR count). The molecule has 0 aliphatic carbocycles. The van der Waals surface area contributed by atoms with Crippen molar-refractivity contribution in [3.8, 4) is 5.75 Å². The Balaban J connectivity index is 1.89. The third-order valence-corrected chi connectivity index (χ3v) is 3.88. The van der Waals surface area contributed by atoms with Crippen molar-refractivity contribution in [1.29, 1.82) is 0 Å². The van der Waals surface area contributed by atoms with Crippen molar-refractivity contribution in [2.24, 2.45) is 11.8 Å². The number of hydrogen-bond acceptors (Lipinski definition) is 3. The second-order valence-electron chi connectivity index (χ2n) is 5.33. The van der Waals surface area contributed by atoms with Crippen LogP contribution in [-0.2, 0) is 0 Å². The number of aliphatic hydroxyl groups excluding tert-OH is 1. The predicted octanol–water partition coefficient (Wildman–Crippen LogP) is 1.93. The van der Waals surface area contributed by atoms with Crippen molar-refractivity contribution in [3.05, 3.63) is 29.8 Å². The molecule has 0 saturated carbocycles. The number of aryl methyl sites for hydroxylation is 1. The molecule has 2 unspecified atom stereocenters. The van der Waals surface area contributed by atoms with Crippen LogP contribution in [0.25, 0.3) is 0 Å². The molecule has 3 heteroatoms. The summed E-state index contributed by atoms with van der Waals surface area (Å²) >= 11 is 0. The SMILES string of the molecule is Cc1ccccc1OCC(CO)C1CCN(C)C1. The van der Waals surface area contributed by atoms with Gasteiger partial charge in [0, 0.05) is 19.1 Å². The fourth-order valence-corrected chi connectivity index (χ4v) is 2.61. The van der Waals surface area contributed by atoms with E-state index < -0.39 is 0 Å². The van der Waals surface area contributed by atoms with Crippen LogP contribution in [0.3, 0.4) is 0 Å². The predicted molar refractivity (Wildman–Crippen MR) is 72.9 cm³/mol. The van der Waals surface area contributed by atoms with Gasteiger partial charge in [-0.2, -0.15) is 0 Å². The van der Waals surface area contributed by atoms with E-state index in [2.05, 4.69) is 11.9 Å². The zero-order chi connectivity index (χ0) is 13.0. The van der Waals surface area contributed by atoms with Crippen LogP contribution in [0.15, 0.2) is 24.3 Å². The fraction of sp³-hybridized carbons (Fsp3) is 0.600. The van der Waals surface area contributed by atoms with E-state index in [1.165, 1.54) is 6.42 Å². The maximum atomic E-state index is 9.52. The first-order chi connectivity index (χ1) is 8.70. The third kappa shape index (κ3) is 3.24. The second kappa shape index (κ2) is 6.21. The molecule has 0 spiro atoms. The molecule has 1 fully saturated rings. The van der Waals surface area contributed by atoms with Gasteiger partial charge >= 0.3 is 0 Å². The molecule has 1 aromatic carbocycles. The van der Waals surface area contributed by atoms with Crippen molar-refractivity contribution in [2.75, 3.05) is 33.4 Å². The minimum absolute atomic E-state index is 0.213. The lowest BCUT2D eigenvalue weighted by Crippen LogP contribution is -2.27. The number of para-hydroxylation sites is 1. The number of ether oxygens (including phenoxy) is 1. The summed E-state index contributed by atoms with van der Waals surface area (Å²) in [4.78, 5) is 2.32. The van der Waals surface area contributed by atoms with E-state index in [1.54, 1.807) is 0 Å². The highest BCUT2D eigenvalue weighted by atomic mass is 16.5. The smallest absolute Gasteiger partial charge is 0.122 e. The van der Waals surface area contributed by atoms with Crippen molar-refractivity contribution < 1.29 is 9.84 Å². The van der Waals surface area contributed by atoms with Gasteiger partial charge in [-0.15, -0.1) is 0 Å². The first-order valence-corrected chi connectivity index (χ1v) is 6.68. The van der Waals surface area contributed by atoms with Crippen molar-refractivity contribution in [1.82, 2.24) is 4.90 Å². The monoisotopic (exact) mass is 249 g/mol. The van der Waals surface area contributed by atoms with Crippen molar-refractivity contribution >= 4 is 0 Å². The number of likely N-dealkylation sites (tertiary alicyclic amines) is 1. The minimum atomic E-state index is 0.213. The molecule has 0 radical (unpaired) electrons. The van der Waals surface area contributed by atoms with Crippen LogP contribution < -0.4 is 4.74 Å². The van der Waals surface area contributed by atoms with E-state index in [-0.39, 0.29) is 12.5 Å². The summed E-state index contributed by atoms with van der Waals surface area (Å²) in [7, 11) is 2.14. The van der Waals surface area contributed by atoms with Crippen LogP contribution in [0.2, 0.25) is 0 Å². The molecule has 1 aliphatic heterocycles. The van der Waals surface area contributed by atoms with E-state index in [9.17, 15) is 5.11 Å². The van der Waals surface area contributed by atoms with Gasteiger partial charge in [-0.1, -0.05) is 18.2 Å². The Hall–Kier alpha value is -1.06. The van der Waals surface area contributed by atoms with Gasteiger partial charge in [-0.05, 0) is 44.5 Å². The number of nitrogens with zero attached hydrogens (tertiary/aromatic N) is 1. The van der Waals surface area contributed by atoms with Crippen LogP contribution in [0, 0.1) is 18.8 Å². The molecule has 1 aromatic rings. The van der Waals surface area contributed by atoms with Crippen molar-refractivity contribution in [2.45, 2.75) is 13.3 Å². The molecule has 18 heavy (non-hydrogen) atoms. The third-order valence-electron chi connectivity index (χ3n) is 3.88. The number of benzene rings is 1. The van der Waals surface area contributed by atoms with Crippen LogP contribution >= 0.6 is 0 Å². The Morgan fingerprint density at radius 3 is 2.83 bits per heavy atom. The molecule has 3 nitrogen and oxygen atoms in total. The number of rotatable bonds is 5. The quantitative estimate of drug-likeness (QED) is 0.865. The van der Waals surface area contributed by atoms with Gasteiger partial charge < -0.3 is 14.7 Å². The normalized spacial score (nSPS) is 22.1. The summed E-state index contributed by atoms with van der Waals surface area (Å²) in [6, 6.07) is 8.04. The lowest BCUT2D eigenvalue weighted by Gasteiger charge is -2.22. The Kier molecular flexibility index (Phi) is 4.61. The van der Waals surface area contributed by atoms with E-state index >= 15 is 0 Å². The second-order valence-corrected chi connectivity index (χ2v) is 5.33. The Bertz CT molecular complexity index is 381. The maximum Gasteiger partial charge on any atom is 0.122 e. The Morgan fingerprint density at radius 2 is 2.22 bits per heavy atom. The van der Waals surface area contributed by atoms with Gasteiger partial charge in [-0.3, -0.25) is 0 Å². The molecule has 2 atom stereocenters. The van der Waals surface area contributed by atoms with E-state index in [0.29, 0.717) is 12.5 Å². The first-order valence-electron chi connectivity index (χ1n) is 6.68. The summed E-state index contributed by atoms with van der Waals surface area (Å²) in [6.45, 7) is 5.07. The fourth-order valence-electron chi connectivity index (χ4n) is 2.61. The van der Waals surface area contributed by atoms with Gasteiger partial charge in [0.15, 0.2) is 0 Å². The molecule has 100 valence electrons. The van der Waals surface area contributed by atoms with Crippen LogP contribution in [0.1, 0.15) is 12.0 Å². The number of aliphatic hydroxyl groups is 1. The standard InChI is InChI=1S/C15H23NO2/c1-12-5-3-4-6-15(12)18-11-14(10-17)13-7-8-16(2)9-13/h3-6,13-14,17H,7-11H2,1-2H3. The molecule has 1 N–H and O–H groups in total. The Labute approximate surface area is 109 Å². The van der Waals surface area contributed by atoms with Crippen LogP contribution in [-0.4, -0.2) is 43.4 Å². The molecule has 1 saturated heterocycles. The topological polar surface area (TPSA) is 32.7 Å². The zero-order valence-corrected chi connectivity index (χ0v) is 11.3. The molecule has 1 heterocycles. The summed E-state index contributed by atoms with van der Waals surface area (Å²) in [5.74, 6) is 1.74. The van der Waals surface area contributed by atoms with Gasteiger partial charge in [0.05, 0.1) is 6.61 Å². The van der Waals surface area contributed by atoms with E-state index in [1.807, 2.05) is 31.2 Å². The average molecular weight is 249 g/mol. The highest BCUT2D eigenvalue weighted by molar-refractivity contribution is 5.31. The summed E-state index contributed by atoms with van der Waals surface area (Å²) in [6.07, 6.45) is 1.17. The number of hydrogen-bond donors (Lipinski definition) is 1. The molecule has 1 aliphatic rings.